The molecule has 0 saturated heterocycles. The number of phenols is 1. The van der Waals surface area contributed by atoms with Crippen molar-refractivity contribution in [1.82, 2.24) is 15.5 Å². The number of carbonyl (C=O) groups is 3. The van der Waals surface area contributed by atoms with Crippen LogP contribution in [-0.2, 0) is 14.3 Å². The Morgan fingerprint density at radius 3 is 2.24 bits per heavy atom. The molecule has 2 rings (SSSR count). The zero-order valence-corrected chi connectivity index (χ0v) is 21.5. The lowest BCUT2D eigenvalue weighted by molar-refractivity contribution is -0.143. The summed E-state index contributed by atoms with van der Waals surface area (Å²) < 4.78 is 5.30. The second kappa shape index (κ2) is 10.2. The van der Waals surface area contributed by atoms with Crippen molar-refractivity contribution in [3.63, 3.8) is 0 Å². The number of phenolic OH excluding ortho intramolecular Hbond substituents is 1. The molecule has 0 aromatic heterocycles. The Hall–Kier alpha value is -2.42. The zero-order valence-electron chi connectivity index (χ0n) is 20.6. The van der Waals surface area contributed by atoms with Crippen LogP contribution in [0.2, 0.25) is 0 Å². The van der Waals surface area contributed by atoms with Crippen LogP contribution in [0.15, 0.2) is 18.2 Å². The van der Waals surface area contributed by atoms with Crippen LogP contribution in [0.3, 0.4) is 0 Å². The monoisotopic (exact) mass is 479 g/mol. The van der Waals surface area contributed by atoms with E-state index in [9.17, 15) is 19.5 Å². The molecule has 8 nitrogen and oxygen atoms in total. The summed E-state index contributed by atoms with van der Waals surface area (Å²) in [4.78, 5) is 41.0. The third-order valence-electron chi connectivity index (χ3n) is 4.93. The summed E-state index contributed by atoms with van der Waals surface area (Å²) in [5.74, 6) is -0.581. The second-order valence-corrected chi connectivity index (χ2v) is 10.9. The van der Waals surface area contributed by atoms with E-state index in [2.05, 4.69) is 23.3 Å². The number of rotatable bonds is 7. The molecule has 2 atom stereocenters. The van der Waals surface area contributed by atoms with Crippen LogP contribution in [0.4, 0.5) is 4.79 Å². The number of alkyl carbamates (subject to hydrolysis) is 1. The lowest BCUT2D eigenvalue weighted by Gasteiger charge is -2.36. The van der Waals surface area contributed by atoms with Gasteiger partial charge in [-0.15, -0.1) is 0 Å². The summed E-state index contributed by atoms with van der Waals surface area (Å²) >= 11 is 4.28. The van der Waals surface area contributed by atoms with Crippen molar-refractivity contribution in [1.29, 1.82) is 0 Å². The molecule has 9 heteroatoms. The maximum Gasteiger partial charge on any atom is 0.408 e. The first-order valence-electron chi connectivity index (χ1n) is 11.2. The number of nitrogens with one attached hydrogen (secondary N) is 2. The molecule has 1 aliphatic rings. The molecule has 1 fully saturated rings. The minimum absolute atomic E-state index is 0.0452. The fourth-order valence-corrected chi connectivity index (χ4v) is 3.66. The first-order chi connectivity index (χ1) is 15.1. The Morgan fingerprint density at radius 2 is 1.79 bits per heavy atom. The average molecular weight is 480 g/mol. The molecule has 0 aliphatic heterocycles. The first-order valence-corrected chi connectivity index (χ1v) is 11.8. The lowest BCUT2D eigenvalue weighted by Crippen LogP contribution is -2.55. The van der Waals surface area contributed by atoms with Gasteiger partial charge in [0, 0.05) is 17.3 Å². The van der Waals surface area contributed by atoms with Gasteiger partial charge in [0.05, 0.1) is 0 Å². The summed E-state index contributed by atoms with van der Waals surface area (Å²) in [6.07, 6.45) is 0.795. The highest BCUT2D eigenvalue weighted by Crippen LogP contribution is 2.37. The predicted octanol–water partition coefficient (Wildman–Crippen LogP) is 3.47. The van der Waals surface area contributed by atoms with Crippen molar-refractivity contribution in [2.24, 2.45) is 0 Å². The largest absolute Gasteiger partial charge is 0.508 e. The molecule has 1 aromatic carbocycles. The smallest absolute Gasteiger partial charge is 0.408 e. The van der Waals surface area contributed by atoms with Crippen molar-refractivity contribution in [2.75, 3.05) is 5.75 Å². The number of benzene rings is 1. The number of ether oxygens (including phenoxy) is 1. The summed E-state index contributed by atoms with van der Waals surface area (Å²) in [7, 11) is 0. The Balaban J connectivity index is 2.43. The van der Waals surface area contributed by atoms with Crippen LogP contribution in [0.1, 0.15) is 71.6 Å². The minimum atomic E-state index is -0.966. The molecule has 0 bridgehead atoms. The number of thiol groups is 1. The van der Waals surface area contributed by atoms with Gasteiger partial charge in [-0.05, 0) is 84.6 Å². The van der Waals surface area contributed by atoms with Crippen molar-refractivity contribution >= 4 is 30.5 Å². The van der Waals surface area contributed by atoms with E-state index in [1.165, 1.54) is 6.07 Å². The van der Waals surface area contributed by atoms with E-state index in [1.54, 1.807) is 44.7 Å². The third-order valence-corrected chi connectivity index (χ3v) is 5.29. The molecule has 184 valence electrons. The molecule has 0 spiro atoms. The van der Waals surface area contributed by atoms with E-state index < -0.39 is 35.2 Å². The maximum absolute atomic E-state index is 13.7. The fraction of sp³-hybridized carbons (Fsp3) is 0.625. The number of carbonyl (C=O) groups excluding carboxylic acids is 3. The number of hydrogen-bond acceptors (Lipinski definition) is 6. The molecule has 0 radical (unpaired) electrons. The summed E-state index contributed by atoms with van der Waals surface area (Å²) in [6, 6.07) is 2.85. The highest BCUT2D eigenvalue weighted by Gasteiger charge is 2.44. The van der Waals surface area contributed by atoms with Crippen LogP contribution in [0.5, 0.6) is 5.75 Å². The average Bonchev–Trinajstić information content (AvgIpc) is 3.48. The van der Waals surface area contributed by atoms with Gasteiger partial charge in [-0.1, -0.05) is 6.07 Å². The topological polar surface area (TPSA) is 108 Å². The molecular formula is C24H37N3O5S. The van der Waals surface area contributed by atoms with Crippen molar-refractivity contribution < 1.29 is 24.2 Å². The lowest BCUT2D eigenvalue weighted by atomic mass is 9.98. The van der Waals surface area contributed by atoms with Crippen LogP contribution in [-0.4, -0.2) is 56.9 Å². The SMILES string of the molecule is Cc1cc(C(C(=O)NC(C)(C)C)N(C(=O)C(CS)NC(=O)OC(C)(C)C)C2CC2)ccc1O. The molecule has 1 saturated carbocycles. The van der Waals surface area contributed by atoms with Gasteiger partial charge in [0.15, 0.2) is 0 Å². The van der Waals surface area contributed by atoms with Gasteiger partial charge in [-0.3, -0.25) is 9.59 Å². The van der Waals surface area contributed by atoms with Crippen molar-refractivity contribution in [3.05, 3.63) is 29.3 Å². The Morgan fingerprint density at radius 1 is 1.18 bits per heavy atom. The number of aromatic hydroxyl groups is 1. The summed E-state index contributed by atoms with van der Waals surface area (Å²) in [6.45, 7) is 12.6. The van der Waals surface area contributed by atoms with E-state index in [4.69, 9.17) is 4.74 Å². The van der Waals surface area contributed by atoms with Crippen LogP contribution in [0, 0.1) is 6.92 Å². The Bertz CT molecular complexity index is 887. The Labute approximate surface area is 201 Å². The van der Waals surface area contributed by atoms with E-state index in [-0.39, 0.29) is 23.5 Å². The van der Waals surface area contributed by atoms with Crippen molar-refractivity contribution in [2.45, 2.75) is 90.6 Å². The molecule has 2 unspecified atom stereocenters. The molecule has 33 heavy (non-hydrogen) atoms. The number of aryl methyl sites for hydroxylation is 1. The molecule has 1 aliphatic carbocycles. The number of hydrogen-bond donors (Lipinski definition) is 4. The molecule has 0 heterocycles. The fourth-order valence-electron chi connectivity index (χ4n) is 3.41. The highest BCUT2D eigenvalue weighted by atomic mass is 32.1. The van der Waals surface area contributed by atoms with Gasteiger partial charge in [0.2, 0.25) is 11.8 Å². The minimum Gasteiger partial charge on any atom is -0.508 e. The highest BCUT2D eigenvalue weighted by molar-refractivity contribution is 7.80. The first kappa shape index (κ1) is 26.8. The zero-order chi connectivity index (χ0) is 25.1. The van der Waals surface area contributed by atoms with Gasteiger partial charge in [0.25, 0.3) is 0 Å². The van der Waals surface area contributed by atoms with E-state index >= 15 is 0 Å². The Kier molecular flexibility index (Phi) is 8.32. The predicted molar refractivity (Wildman–Crippen MR) is 130 cm³/mol. The second-order valence-electron chi connectivity index (χ2n) is 10.5. The number of amides is 3. The van der Waals surface area contributed by atoms with Gasteiger partial charge >= 0.3 is 6.09 Å². The van der Waals surface area contributed by atoms with Crippen LogP contribution >= 0.6 is 12.6 Å². The van der Waals surface area contributed by atoms with Crippen LogP contribution < -0.4 is 10.6 Å². The molecule has 1 aromatic rings. The number of nitrogens with zero attached hydrogens (tertiary/aromatic N) is 1. The quantitative estimate of drug-likeness (QED) is 0.448. The summed E-state index contributed by atoms with van der Waals surface area (Å²) in [5, 5.41) is 15.6. The normalized spacial score (nSPS) is 15.9. The van der Waals surface area contributed by atoms with E-state index in [1.807, 2.05) is 20.8 Å². The van der Waals surface area contributed by atoms with Gasteiger partial charge in [0.1, 0.15) is 23.4 Å². The van der Waals surface area contributed by atoms with E-state index in [0.717, 1.165) is 12.8 Å². The third kappa shape index (κ3) is 7.84. The molecule has 3 N–H and O–H groups in total. The van der Waals surface area contributed by atoms with E-state index in [0.29, 0.717) is 11.1 Å². The van der Waals surface area contributed by atoms with Crippen LogP contribution in [0.25, 0.3) is 0 Å². The molecular weight excluding hydrogens is 442 g/mol. The van der Waals surface area contributed by atoms with Crippen molar-refractivity contribution in [3.8, 4) is 5.75 Å². The maximum atomic E-state index is 13.7. The van der Waals surface area contributed by atoms with Gasteiger partial charge in [-0.25, -0.2) is 4.79 Å². The summed E-state index contributed by atoms with van der Waals surface area (Å²) in [5.41, 5.74) is -0.0511. The molecule has 3 amide bonds. The van der Waals surface area contributed by atoms with Gasteiger partial charge in [-0.2, -0.15) is 12.6 Å². The standard InChI is InChI=1S/C24H37N3O5S/c1-14-12-15(8-11-18(14)28)19(20(29)26-23(2,3)4)27(16-9-10-16)21(30)17(13-33)25-22(31)32-24(5,6)7/h8,11-12,16-17,19,28,33H,9-10,13H2,1-7H3,(H,25,31)(H,26,29). The van der Waals surface area contributed by atoms with Gasteiger partial charge < -0.3 is 25.4 Å².